The summed E-state index contributed by atoms with van der Waals surface area (Å²) in [5.41, 5.74) is 1.03. The minimum absolute atomic E-state index is 0.115. The highest BCUT2D eigenvalue weighted by atomic mass is 79.9. The number of carbonyl (C=O) groups is 3. The van der Waals surface area contributed by atoms with Crippen molar-refractivity contribution in [2.75, 3.05) is 19.6 Å². The Hall–Kier alpha value is -2.85. The van der Waals surface area contributed by atoms with Crippen LogP contribution in [0.15, 0.2) is 59.1 Å². The fourth-order valence-electron chi connectivity index (χ4n) is 6.89. The van der Waals surface area contributed by atoms with E-state index >= 15 is 0 Å². The van der Waals surface area contributed by atoms with E-state index in [0.29, 0.717) is 38.9 Å². The average Bonchev–Trinajstić information content (AvgIpc) is 3.18. The number of likely N-dealkylation sites (tertiary alicyclic amines) is 1. The number of halogens is 3. The zero-order valence-electron chi connectivity index (χ0n) is 24.9. The number of urea groups is 1. The molecule has 2 aromatic rings. The van der Waals surface area contributed by atoms with Gasteiger partial charge in [-0.3, -0.25) is 14.5 Å². The van der Waals surface area contributed by atoms with E-state index in [2.05, 4.69) is 26.1 Å². The van der Waals surface area contributed by atoms with E-state index < -0.39 is 17.4 Å². The van der Waals surface area contributed by atoms with E-state index in [9.17, 15) is 23.2 Å². The Labute approximate surface area is 261 Å². The SMILES string of the molecule is CC(C)N1C(=O)N(Cc2ccc(Br)cc2)C(=O)C12CCN(CC[C@H](NC(=O)C1CCC(F)(F)CC1)c1ccccc1)CC2. The number of hydrogen-bond donors (Lipinski definition) is 1. The minimum Gasteiger partial charge on any atom is -0.349 e. The van der Waals surface area contributed by atoms with E-state index in [-0.39, 0.29) is 62.2 Å². The molecule has 0 unspecified atom stereocenters. The molecule has 232 valence electrons. The van der Waals surface area contributed by atoms with Crippen molar-refractivity contribution >= 4 is 33.8 Å². The molecule has 3 fully saturated rings. The van der Waals surface area contributed by atoms with Crippen molar-refractivity contribution in [3.63, 3.8) is 0 Å². The topological polar surface area (TPSA) is 73.0 Å². The van der Waals surface area contributed by atoms with E-state index in [1.165, 1.54) is 4.90 Å². The quantitative estimate of drug-likeness (QED) is 0.311. The van der Waals surface area contributed by atoms with Crippen LogP contribution in [0.3, 0.4) is 0 Å². The summed E-state index contributed by atoms with van der Waals surface area (Å²) >= 11 is 3.44. The van der Waals surface area contributed by atoms with Crippen molar-refractivity contribution in [2.24, 2.45) is 5.92 Å². The summed E-state index contributed by atoms with van der Waals surface area (Å²) in [6.45, 7) is 6.18. The van der Waals surface area contributed by atoms with Gasteiger partial charge >= 0.3 is 6.03 Å². The van der Waals surface area contributed by atoms with Crippen LogP contribution in [0.1, 0.15) is 76.0 Å². The molecule has 4 amide bonds. The summed E-state index contributed by atoms with van der Waals surface area (Å²) in [5.74, 6) is -3.35. The molecule has 7 nitrogen and oxygen atoms in total. The predicted octanol–water partition coefficient (Wildman–Crippen LogP) is 6.53. The number of nitrogens with zero attached hydrogens (tertiary/aromatic N) is 3. The van der Waals surface area contributed by atoms with Gasteiger partial charge in [-0.2, -0.15) is 0 Å². The smallest absolute Gasteiger partial charge is 0.328 e. The van der Waals surface area contributed by atoms with Crippen molar-refractivity contribution < 1.29 is 23.2 Å². The summed E-state index contributed by atoms with van der Waals surface area (Å²) in [7, 11) is 0. The van der Waals surface area contributed by atoms with Gasteiger partial charge in [0, 0.05) is 48.9 Å². The van der Waals surface area contributed by atoms with E-state index in [1.807, 2.05) is 68.4 Å². The Bertz CT molecular complexity index is 1290. The lowest BCUT2D eigenvalue weighted by Crippen LogP contribution is -2.58. The fraction of sp³-hybridized carbons (Fsp3) is 0.545. The van der Waals surface area contributed by atoms with Crippen molar-refractivity contribution in [3.8, 4) is 0 Å². The zero-order valence-corrected chi connectivity index (χ0v) is 26.5. The first-order valence-corrected chi connectivity index (χ1v) is 16.1. The normalized spacial score (nSPS) is 21.5. The highest BCUT2D eigenvalue weighted by molar-refractivity contribution is 9.10. The van der Waals surface area contributed by atoms with Gasteiger partial charge in [0.15, 0.2) is 0 Å². The Balaban J connectivity index is 1.23. The highest BCUT2D eigenvalue weighted by Gasteiger charge is 2.58. The van der Waals surface area contributed by atoms with Crippen LogP contribution in [0.4, 0.5) is 13.6 Å². The number of amides is 4. The lowest BCUT2D eigenvalue weighted by Gasteiger charge is -2.44. The molecule has 3 aliphatic rings. The molecule has 2 heterocycles. The number of carbonyl (C=O) groups excluding carboxylic acids is 3. The number of piperidine rings is 1. The lowest BCUT2D eigenvalue weighted by atomic mass is 9.84. The fourth-order valence-corrected chi connectivity index (χ4v) is 7.16. The molecule has 1 N–H and O–H groups in total. The maximum atomic E-state index is 13.9. The molecule has 1 saturated carbocycles. The molecule has 43 heavy (non-hydrogen) atoms. The molecule has 0 aromatic heterocycles. The van der Waals surface area contributed by atoms with Crippen molar-refractivity contribution in [1.82, 2.24) is 20.0 Å². The third-order valence-corrected chi connectivity index (χ3v) is 9.86. The summed E-state index contributed by atoms with van der Waals surface area (Å²) < 4.78 is 28.3. The van der Waals surface area contributed by atoms with Crippen molar-refractivity contribution in [3.05, 3.63) is 70.2 Å². The second kappa shape index (κ2) is 13.0. The van der Waals surface area contributed by atoms with Gasteiger partial charge in [0.05, 0.1) is 12.6 Å². The van der Waals surface area contributed by atoms with Gasteiger partial charge in [-0.1, -0.05) is 58.4 Å². The van der Waals surface area contributed by atoms with Gasteiger partial charge in [-0.15, -0.1) is 0 Å². The maximum Gasteiger partial charge on any atom is 0.328 e. The first-order chi connectivity index (χ1) is 20.5. The number of hydrogen-bond acceptors (Lipinski definition) is 4. The Kier molecular flexibility index (Phi) is 9.56. The maximum absolute atomic E-state index is 13.9. The third-order valence-electron chi connectivity index (χ3n) is 9.34. The molecule has 2 saturated heterocycles. The monoisotopic (exact) mass is 658 g/mol. The zero-order chi connectivity index (χ0) is 30.8. The number of benzene rings is 2. The van der Waals surface area contributed by atoms with Crippen molar-refractivity contribution in [1.29, 1.82) is 0 Å². The standard InChI is InChI=1S/C33H41BrF2N4O3/c1-23(2)40-31(43)39(22-24-8-10-27(34)11-9-24)30(42)32(40)17-20-38(21-18-32)19-14-28(25-6-4-3-5-7-25)37-29(41)26-12-15-33(35,36)16-13-26/h3-11,23,26,28H,12-22H2,1-2H3,(H,37,41)/t28-/m0/s1. The van der Waals surface area contributed by atoms with Crippen LogP contribution in [0.5, 0.6) is 0 Å². The molecule has 1 spiro atoms. The minimum atomic E-state index is -2.67. The van der Waals surface area contributed by atoms with Gasteiger partial charge in [0.2, 0.25) is 11.8 Å². The van der Waals surface area contributed by atoms with Crippen LogP contribution in [0.25, 0.3) is 0 Å². The summed E-state index contributed by atoms with van der Waals surface area (Å²) in [5, 5.41) is 3.16. The molecular weight excluding hydrogens is 618 g/mol. The van der Waals surface area contributed by atoms with E-state index in [4.69, 9.17) is 0 Å². The van der Waals surface area contributed by atoms with Gasteiger partial charge in [-0.05, 0) is 69.2 Å². The van der Waals surface area contributed by atoms with Gasteiger partial charge in [-0.25, -0.2) is 13.6 Å². The number of imide groups is 1. The van der Waals surface area contributed by atoms with Crippen molar-refractivity contribution in [2.45, 2.75) is 88.9 Å². The molecule has 5 rings (SSSR count). The molecule has 2 aliphatic heterocycles. The number of nitrogens with one attached hydrogen (secondary N) is 1. The summed E-state index contributed by atoms with van der Waals surface area (Å²) in [4.78, 5) is 46.0. The Morgan fingerprint density at radius 2 is 1.60 bits per heavy atom. The van der Waals surface area contributed by atoms with Crippen LogP contribution in [-0.2, 0) is 16.1 Å². The first kappa shape index (κ1) is 31.6. The second-order valence-electron chi connectivity index (χ2n) is 12.5. The van der Waals surface area contributed by atoms with E-state index in [0.717, 1.165) is 15.6 Å². The first-order valence-electron chi connectivity index (χ1n) is 15.3. The van der Waals surface area contributed by atoms with Crippen LogP contribution in [-0.4, -0.2) is 69.7 Å². The van der Waals surface area contributed by atoms with Gasteiger partial charge in [0.1, 0.15) is 5.54 Å². The average molecular weight is 660 g/mol. The Morgan fingerprint density at radius 3 is 2.21 bits per heavy atom. The third kappa shape index (κ3) is 6.95. The lowest BCUT2D eigenvalue weighted by molar-refractivity contribution is -0.136. The molecule has 10 heteroatoms. The largest absolute Gasteiger partial charge is 0.349 e. The Morgan fingerprint density at radius 1 is 0.977 bits per heavy atom. The molecule has 2 aromatic carbocycles. The molecule has 1 aliphatic carbocycles. The number of rotatable bonds is 9. The molecule has 0 bridgehead atoms. The number of alkyl halides is 2. The molecule has 1 atom stereocenters. The van der Waals surface area contributed by atoms with E-state index in [1.54, 1.807) is 4.90 Å². The summed E-state index contributed by atoms with van der Waals surface area (Å²) in [6, 6.07) is 16.8. The second-order valence-corrected chi connectivity index (χ2v) is 13.4. The molecular formula is C33H41BrF2N4O3. The predicted molar refractivity (Wildman–Crippen MR) is 164 cm³/mol. The molecule has 0 radical (unpaired) electrons. The van der Waals surface area contributed by atoms with Crippen LogP contribution < -0.4 is 5.32 Å². The van der Waals surface area contributed by atoms with Crippen LogP contribution in [0.2, 0.25) is 0 Å². The van der Waals surface area contributed by atoms with Gasteiger partial charge in [0.25, 0.3) is 5.91 Å². The van der Waals surface area contributed by atoms with Crippen LogP contribution in [0, 0.1) is 5.92 Å². The van der Waals surface area contributed by atoms with Crippen LogP contribution >= 0.6 is 15.9 Å². The van der Waals surface area contributed by atoms with Gasteiger partial charge < -0.3 is 15.1 Å². The summed E-state index contributed by atoms with van der Waals surface area (Å²) in [6.07, 6.45) is 1.66. The highest BCUT2D eigenvalue weighted by Crippen LogP contribution is 2.40.